The zero-order valence-corrected chi connectivity index (χ0v) is 15.2. The van der Waals surface area contributed by atoms with Crippen LogP contribution in [0.5, 0.6) is 0 Å². The molecule has 0 amide bonds. The van der Waals surface area contributed by atoms with E-state index in [2.05, 4.69) is 58.0 Å². The first kappa shape index (κ1) is 18.3. The largest absolute Gasteiger partial charge is 0.309 e. The first-order chi connectivity index (χ1) is 9.52. The Hall–Kier alpha value is -0.770. The topological polar surface area (TPSA) is 16.1 Å². The van der Waals surface area contributed by atoms with E-state index in [-0.39, 0.29) is 12.4 Å². The lowest BCUT2D eigenvalue weighted by atomic mass is 10.0. The van der Waals surface area contributed by atoms with Crippen molar-refractivity contribution in [1.29, 1.82) is 0 Å². The van der Waals surface area contributed by atoms with Gasteiger partial charge in [-0.2, -0.15) is 0 Å². The third-order valence-corrected chi connectivity index (χ3v) is 4.72. The van der Waals surface area contributed by atoms with Crippen molar-refractivity contribution in [2.24, 2.45) is 0 Å². The number of thioether (sulfide) groups is 1. The SMILES string of the molecule is CCc1cc2ccc(C)c(C)c2nc1SCCN(C)C.Cl. The van der Waals surface area contributed by atoms with Crippen LogP contribution in [0.15, 0.2) is 23.2 Å². The number of hydrogen-bond donors (Lipinski definition) is 0. The Morgan fingerprint density at radius 2 is 1.90 bits per heavy atom. The van der Waals surface area contributed by atoms with Gasteiger partial charge in [0.1, 0.15) is 0 Å². The maximum Gasteiger partial charge on any atom is 0.1000 e. The van der Waals surface area contributed by atoms with E-state index < -0.39 is 0 Å². The third-order valence-electron chi connectivity index (χ3n) is 3.71. The van der Waals surface area contributed by atoms with Gasteiger partial charge in [0.2, 0.25) is 0 Å². The zero-order valence-electron chi connectivity index (χ0n) is 13.6. The predicted octanol–water partition coefficient (Wildman–Crippen LogP) is 4.49. The summed E-state index contributed by atoms with van der Waals surface area (Å²) in [5.74, 6) is 1.09. The fourth-order valence-corrected chi connectivity index (χ4v) is 3.41. The van der Waals surface area contributed by atoms with Crippen LogP contribution < -0.4 is 0 Å². The number of halogens is 1. The van der Waals surface area contributed by atoms with Gasteiger partial charge in [-0.15, -0.1) is 24.2 Å². The number of benzene rings is 1. The number of fused-ring (bicyclic) bond motifs is 1. The number of aromatic nitrogens is 1. The van der Waals surface area contributed by atoms with Gasteiger partial charge in [-0.1, -0.05) is 19.1 Å². The molecule has 1 aromatic carbocycles. The Kier molecular flexibility index (Phi) is 6.98. The van der Waals surface area contributed by atoms with E-state index in [1.54, 1.807) is 0 Å². The van der Waals surface area contributed by atoms with Gasteiger partial charge in [0, 0.05) is 17.7 Å². The first-order valence-electron chi connectivity index (χ1n) is 7.20. The van der Waals surface area contributed by atoms with Crippen LogP contribution in [0.2, 0.25) is 0 Å². The van der Waals surface area contributed by atoms with Gasteiger partial charge >= 0.3 is 0 Å². The molecule has 0 N–H and O–H groups in total. The molecule has 2 nitrogen and oxygen atoms in total. The van der Waals surface area contributed by atoms with Crippen molar-refractivity contribution in [3.05, 3.63) is 34.9 Å². The molecule has 116 valence electrons. The van der Waals surface area contributed by atoms with E-state index in [1.165, 1.54) is 27.1 Å². The van der Waals surface area contributed by atoms with E-state index in [0.29, 0.717) is 0 Å². The second-order valence-electron chi connectivity index (χ2n) is 5.54. The van der Waals surface area contributed by atoms with Gasteiger partial charge in [-0.05, 0) is 57.1 Å². The van der Waals surface area contributed by atoms with Crippen molar-refractivity contribution >= 4 is 35.1 Å². The van der Waals surface area contributed by atoms with Crippen LogP contribution >= 0.6 is 24.2 Å². The van der Waals surface area contributed by atoms with E-state index in [9.17, 15) is 0 Å². The van der Waals surface area contributed by atoms with Crippen molar-refractivity contribution < 1.29 is 0 Å². The summed E-state index contributed by atoms with van der Waals surface area (Å²) in [5.41, 5.74) is 5.15. The summed E-state index contributed by atoms with van der Waals surface area (Å²) >= 11 is 1.88. The summed E-state index contributed by atoms with van der Waals surface area (Å²) in [5, 5.41) is 2.47. The maximum atomic E-state index is 4.95. The van der Waals surface area contributed by atoms with Gasteiger partial charge in [0.05, 0.1) is 10.5 Å². The van der Waals surface area contributed by atoms with Gasteiger partial charge in [0.15, 0.2) is 0 Å². The molecule has 0 aliphatic heterocycles. The lowest BCUT2D eigenvalue weighted by Crippen LogP contribution is -2.15. The number of pyridine rings is 1. The van der Waals surface area contributed by atoms with Crippen LogP contribution in [0.3, 0.4) is 0 Å². The van der Waals surface area contributed by atoms with Crippen molar-refractivity contribution in [2.45, 2.75) is 32.2 Å². The number of hydrogen-bond acceptors (Lipinski definition) is 3. The van der Waals surface area contributed by atoms with Crippen molar-refractivity contribution in [3.63, 3.8) is 0 Å². The summed E-state index contributed by atoms with van der Waals surface area (Å²) in [6, 6.07) is 6.70. The smallest absolute Gasteiger partial charge is 0.1000 e. The Balaban J connectivity index is 0.00000220. The van der Waals surface area contributed by atoms with Crippen molar-refractivity contribution in [3.8, 4) is 0 Å². The summed E-state index contributed by atoms with van der Waals surface area (Å²) < 4.78 is 0. The van der Waals surface area contributed by atoms with Crippen LogP contribution in [0.1, 0.15) is 23.6 Å². The summed E-state index contributed by atoms with van der Waals surface area (Å²) in [6.45, 7) is 7.62. The molecule has 0 bridgehead atoms. The highest BCUT2D eigenvalue weighted by Crippen LogP contribution is 2.28. The molecule has 0 fully saturated rings. The molecule has 0 atom stereocenters. The van der Waals surface area contributed by atoms with Gasteiger partial charge in [-0.25, -0.2) is 4.98 Å². The lowest BCUT2D eigenvalue weighted by molar-refractivity contribution is 0.437. The Morgan fingerprint density at radius 3 is 2.52 bits per heavy atom. The molecule has 0 spiro atoms. The second-order valence-corrected chi connectivity index (χ2v) is 6.62. The van der Waals surface area contributed by atoms with Gasteiger partial charge in [-0.3, -0.25) is 0 Å². The van der Waals surface area contributed by atoms with Crippen molar-refractivity contribution in [1.82, 2.24) is 9.88 Å². The molecular weight excluding hydrogens is 300 g/mol. The van der Waals surface area contributed by atoms with Gasteiger partial charge in [0.25, 0.3) is 0 Å². The molecule has 1 aromatic heterocycles. The molecule has 0 aliphatic rings. The molecule has 0 saturated carbocycles. The minimum atomic E-state index is 0. The molecule has 2 aromatic rings. The molecule has 0 saturated heterocycles. The number of nitrogens with zero attached hydrogens (tertiary/aromatic N) is 2. The first-order valence-corrected chi connectivity index (χ1v) is 8.18. The molecule has 4 heteroatoms. The molecule has 2 rings (SSSR count). The van der Waals surface area contributed by atoms with Gasteiger partial charge < -0.3 is 4.90 Å². The highest BCUT2D eigenvalue weighted by Gasteiger charge is 2.09. The fourth-order valence-electron chi connectivity index (χ4n) is 2.21. The third kappa shape index (κ3) is 4.35. The normalized spacial score (nSPS) is 11.0. The average Bonchev–Trinajstić information content (AvgIpc) is 2.42. The minimum absolute atomic E-state index is 0. The predicted molar refractivity (Wildman–Crippen MR) is 97.1 cm³/mol. The highest BCUT2D eigenvalue weighted by molar-refractivity contribution is 7.99. The molecular formula is C17H25ClN2S. The summed E-state index contributed by atoms with van der Waals surface area (Å²) in [6.07, 6.45) is 1.04. The monoisotopic (exact) mass is 324 g/mol. The average molecular weight is 325 g/mol. The molecule has 21 heavy (non-hydrogen) atoms. The molecule has 0 radical (unpaired) electrons. The summed E-state index contributed by atoms with van der Waals surface area (Å²) in [7, 11) is 4.23. The van der Waals surface area contributed by atoms with Crippen LogP contribution in [0.4, 0.5) is 0 Å². The van der Waals surface area contributed by atoms with Crippen molar-refractivity contribution in [2.75, 3.05) is 26.4 Å². The van der Waals surface area contributed by atoms with Crippen LogP contribution in [-0.4, -0.2) is 36.3 Å². The van der Waals surface area contributed by atoms with E-state index >= 15 is 0 Å². The standard InChI is InChI=1S/C17H24N2S.ClH/c1-6-14-11-15-8-7-12(2)13(3)16(15)18-17(14)20-10-9-19(4)5;/h7-8,11H,6,9-10H2,1-5H3;1H. The quantitative estimate of drug-likeness (QED) is 0.754. The highest BCUT2D eigenvalue weighted by atomic mass is 35.5. The molecule has 0 unspecified atom stereocenters. The minimum Gasteiger partial charge on any atom is -0.309 e. The van der Waals surface area contributed by atoms with Crippen LogP contribution in [0, 0.1) is 13.8 Å². The number of aryl methyl sites for hydroxylation is 3. The molecule has 0 aliphatic carbocycles. The van der Waals surface area contributed by atoms with E-state index in [0.717, 1.165) is 24.2 Å². The second kappa shape index (κ2) is 8.02. The summed E-state index contributed by atoms with van der Waals surface area (Å²) in [4.78, 5) is 7.16. The van der Waals surface area contributed by atoms with E-state index in [4.69, 9.17) is 4.98 Å². The zero-order chi connectivity index (χ0) is 14.7. The van der Waals surface area contributed by atoms with Crippen LogP contribution in [-0.2, 0) is 6.42 Å². The lowest BCUT2D eigenvalue weighted by Gasteiger charge is -2.13. The Bertz CT molecular complexity index is 611. The fraction of sp³-hybridized carbons (Fsp3) is 0.471. The Labute approximate surface area is 138 Å². The number of rotatable bonds is 5. The van der Waals surface area contributed by atoms with Crippen LogP contribution in [0.25, 0.3) is 10.9 Å². The maximum absolute atomic E-state index is 4.95. The molecule has 1 heterocycles. The van der Waals surface area contributed by atoms with E-state index in [1.807, 2.05) is 11.8 Å². The Morgan fingerprint density at radius 1 is 1.19 bits per heavy atom.